The molecule has 1 N–H and O–H groups in total. The number of halogens is 6. The van der Waals surface area contributed by atoms with Crippen LogP contribution in [0.1, 0.15) is 84.4 Å². The second-order valence-electron chi connectivity index (χ2n) is 8.43. The van der Waals surface area contributed by atoms with Gasteiger partial charge in [-0.1, -0.05) is 38.8 Å². The largest absolute Gasteiger partial charge is 0.416 e. The Kier molecular flexibility index (Phi) is 8.80. The van der Waals surface area contributed by atoms with Gasteiger partial charge in [-0.05, 0) is 78.6 Å². The summed E-state index contributed by atoms with van der Waals surface area (Å²) in [4.78, 5) is 0. The van der Waals surface area contributed by atoms with E-state index in [2.05, 4.69) is 31.3 Å². The van der Waals surface area contributed by atoms with Crippen LogP contribution >= 0.6 is 0 Å². The smallest absolute Gasteiger partial charge is 0.309 e. The molecule has 0 heterocycles. The van der Waals surface area contributed by atoms with E-state index in [4.69, 9.17) is 0 Å². The Labute approximate surface area is 186 Å². The van der Waals surface area contributed by atoms with Crippen LogP contribution in [0.25, 0.3) is 0 Å². The van der Waals surface area contributed by atoms with E-state index < -0.39 is 23.5 Å². The van der Waals surface area contributed by atoms with E-state index in [9.17, 15) is 26.3 Å². The first-order valence-corrected chi connectivity index (χ1v) is 11.0. The second kappa shape index (κ2) is 10.7. The number of aryl methyl sites for hydroxylation is 2. The highest BCUT2D eigenvalue weighted by molar-refractivity contribution is 5.39. The Morgan fingerprint density at radius 3 is 1.69 bits per heavy atom. The molecule has 0 atom stereocenters. The van der Waals surface area contributed by atoms with Gasteiger partial charge in [0.15, 0.2) is 0 Å². The molecular weight excluding hydrogens is 428 g/mol. The summed E-state index contributed by atoms with van der Waals surface area (Å²) in [5.74, 6) is 0.381. The van der Waals surface area contributed by atoms with Gasteiger partial charge in [0.2, 0.25) is 0 Å². The standard InChI is InChI=1S/C25H31F6N/c1-5-7-19(8-6-2)23-10-17(4)16(3)9-20(23)15-32-14-18-11-21(24(26,27)28)13-22(12-18)25(29,30)31/h9-13,19,32H,5-8,14-15H2,1-4H3. The van der Waals surface area contributed by atoms with Crippen LogP contribution < -0.4 is 5.32 Å². The summed E-state index contributed by atoms with van der Waals surface area (Å²) in [6, 6.07) is 5.96. The van der Waals surface area contributed by atoms with E-state index in [1.807, 2.05) is 13.8 Å². The van der Waals surface area contributed by atoms with Gasteiger partial charge in [0, 0.05) is 13.1 Å². The van der Waals surface area contributed by atoms with Gasteiger partial charge in [-0.25, -0.2) is 0 Å². The van der Waals surface area contributed by atoms with Crippen molar-refractivity contribution in [2.45, 2.75) is 84.7 Å². The third-order valence-electron chi connectivity index (χ3n) is 5.76. The lowest BCUT2D eigenvalue weighted by Gasteiger charge is -2.22. The zero-order chi connectivity index (χ0) is 24.1. The van der Waals surface area contributed by atoms with Crippen LogP contribution in [0.2, 0.25) is 0 Å². The lowest BCUT2D eigenvalue weighted by atomic mass is 9.85. The molecule has 0 amide bonds. The average molecular weight is 460 g/mol. The molecule has 0 aromatic heterocycles. The third kappa shape index (κ3) is 6.99. The summed E-state index contributed by atoms with van der Waals surface area (Å²) in [5, 5.41) is 3.07. The van der Waals surface area contributed by atoms with Crippen LogP contribution in [-0.2, 0) is 25.4 Å². The van der Waals surface area contributed by atoms with Gasteiger partial charge in [0.05, 0.1) is 11.1 Å². The van der Waals surface area contributed by atoms with E-state index in [0.717, 1.165) is 48.9 Å². The van der Waals surface area contributed by atoms with E-state index >= 15 is 0 Å². The number of hydrogen-bond donors (Lipinski definition) is 1. The molecule has 178 valence electrons. The molecule has 0 spiro atoms. The topological polar surface area (TPSA) is 12.0 Å². The summed E-state index contributed by atoms with van der Waals surface area (Å²) < 4.78 is 78.6. The van der Waals surface area contributed by atoms with Crippen molar-refractivity contribution >= 4 is 0 Å². The normalized spacial score (nSPS) is 12.6. The van der Waals surface area contributed by atoms with Crippen molar-refractivity contribution in [1.82, 2.24) is 5.32 Å². The summed E-state index contributed by atoms with van der Waals surface area (Å²) in [6.07, 6.45) is -5.54. The maximum atomic E-state index is 13.1. The lowest BCUT2D eigenvalue weighted by Crippen LogP contribution is -2.18. The van der Waals surface area contributed by atoms with Crippen molar-refractivity contribution in [2.24, 2.45) is 0 Å². The summed E-state index contributed by atoms with van der Waals surface area (Å²) in [7, 11) is 0. The Morgan fingerprint density at radius 2 is 1.22 bits per heavy atom. The molecule has 32 heavy (non-hydrogen) atoms. The Balaban J connectivity index is 2.29. The van der Waals surface area contributed by atoms with Gasteiger partial charge in [-0.2, -0.15) is 26.3 Å². The van der Waals surface area contributed by atoms with Crippen molar-refractivity contribution in [3.63, 3.8) is 0 Å². The summed E-state index contributed by atoms with van der Waals surface area (Å²) >= 11 is 0. The highest BCUT2D eigenvalue weighted by Gasteiger charge is 2.36. The van der Waals surface area contributed by atoms with Gasteiger partial charge in [-0.3, -0.25) is 0 Å². The molecule has 0 radical (unpaired) electrons. The molecule has 2 rings (SSSR count). The van der Waals surface area contributed by atoms with Gasteiger partial charge in [-0.15, -0.1) is 0 Å². The molecule has 2 aromatic rings. The van der Waals surface area contributed by atoms with Crippen LogP contribution in [0.15, 0.2) is 30.3 Å². The molecule has 7 heteroatoms. The fraction of sp³-hybridized carbons (Fsp3) is 0.520. The van der Waals surface area contributed by atoms with Crippen LogP contribution in [0.4, 0.5) is 26.3 Å². The highest BCUT2D eigenvalue weighted by atomic mass is 19.4. The number of benzene rings is 2. The van der Waals surface area contributed by atoms with Gasteiger partial charge in [0.1, 0.15) is 0 Å². The first-order valence-electron chi connectivity index (χ1n) is 11.0. The van der Waals surface area contributed by atoms with Crippen LogP contribution in [0, 0.1) is 13.8 Å². The number of alkyl halides is 6. The molecular formula is C25H31F6N. The first kappa shape index (κ1) is 26.2. The van der Waals surface area contributed by atoms with E-state index in [1.54, 1.807) is 0 Å². The van der Waals surface area contributed by atoms with Gasteiger partial charge in [0.25, 0.3) is 0 Å². The fourth-order valence-electron chi connectivity index (χ4n) is 4.05. The van der Waals surface area contributed by atoms with Crippen molar-refractivity contribution in [2.75, 3.05) is 0 Å². The van der Waals surface area contributed by atoms with E-state index in [1.165, 1.54) is 11.1 Å². The van der Waals surface area contributed by atoms with Crippen molar-refractivity contribution in [1.29, 1.82) is 0 Å². The molecule has 0 saturated carbocycles. The lowest BCUT2D eigenvalue weighted by molar-refractivity contribution is -0.143. The molecule has 0 bridgehead atoms. The van der Waals surface area contributed by atoms with Crippen molar-refractivity contribution in [3.8, 4) is 0 Å². The van der Waals surface area contributed by atoms with Crippen LogP contribution in [0.3, 0.4) is 0 Å². The zero-order valence-electron chi connectivity index (χ0n) is 19.0. The maximum Gasteiger partial charge on any atom is 0.416 e. The number of rotatable bonds is 9. The van der Waals surface area contributed by atoms with Crippen molar-refractivity contribution < 1.29 is 26.3 Å². The molecule has 0 aliphatic rings. The molecule has 1 nitrogen and oxygen atoms in total. The minimum Gasteiger partial charge on any atom is -0.309 e. The Hall–Kier alpha value is -2.02. The molecule has 0 aliphatic heterocycles. The van der Waals surface area contributed by atoms with E-state index in [-0.39, 0.29) is 18.2 Å². The van der Waals surface area contributed by atoms with Crippen LogP contribution in [0.5, 0.6) is 0 Å². The van der Waals surface area contributed by atoms with Crippen LogP contribution in [-0.4, -0.2) is 0 Å². The fourth-order valence-corrected chi connectivity index (χ4v) is 4.05. The summed E-state index contributed by atoms with van der Waals surface area (Å²) in [6.45, 7) is 8.59. The molecule has 0 saturated heterocycles. The minimum absolute atomic E-state index is 0.0452. The molecule has 0 aliphatic carbocycles. The van der Waals surface area contributed by atoms with Gasteiger partial charge >= 0.3 is 12.4 Å². The maximum absolute atomic E-state index is 13.1. The number of hydrogen-bond acceptors (Lipinski definition) is 1. The van der Waals surface area contributed by atoms with E-state index in [0.29, 0.717) is 12.5 Å². The predicted octanol–water partition coefficient (Wildman–Crippen LogP) is 8.31. The predicted molar refractivity (Wildman–Crippen MR) is 115 cm³/mol. The Morgan fingerprint density at radius 1 is 0.719 bits per heavy atom. The minimum atomic E-state index is -4.84. The zero-order valence-corrected chi connectivity index (χ0v) is 19.0. The van der Waals surface area contributed by atoms with Gasteiger partial charge < -0.3 is 5.32 Å². The second-order valence-corrected chi connectivity index (χ2v) is 8.43. The first-order chi connectivity index (χ1) is 14.9. The summed E-state index contributed by atoms with van der Waals surface area (Å²) in [5.41, 5.74) is 1.91. The quantitative estimate of drug-likeness (QED) is 0.372. The average Bonchev–Trinajstić information content (AvgIpc) is 2.69. The molecule has 0 unspecified atom stereocenters. The highest BCUT2D eigenvalue weighted by Crippen LogP contribution is 2.36. The third-order valence-corrected chi connectivity index (χ3v) is 5.76. The monoisotopic (exact) mass is 459 g/mol. The molecule has 0 fully saturated rings. The SMILES string of the molecule is CCCC(CCC)c1cc(C)c(C)cc1CNCc1cc(C(F)(F)F)cc(C(F)(F)F)c1. The van der Waals surface area contributed by atoms with Crippen molar-refractivity contribution in [3.05, 3.63) is 69.3 Å². The molecule has 2 aromatic carbocycles. The number of nitrogens with one attached hydrogen (secondary N) is 1. The Bertz CT molecular complexity index is 860.